The molecule has 84 valence electrons. The average Bonchev–Trinajstić information content (AvgIpc) is 2.55. The molecular weight excluding hydrogens is 200 g/mol. The van der Waals surface area contributed by atoms with E-state index >= 15 is 0 Å². The lowest BCUT2D eigenvalue weighted by atomic mass is 10.4. The Morgan fingerprint density at radius 1 is 1.06 bits per heavy atom. The molecule has 0 saturated carbocycles. The van der Waals surface area contributed by atoms with E-state index in [4.69, 9.17) is 0 Å². The molecule has 2 rings (SSSR count). The van der Waals surface area contributed by atoms with Crippen molar-refractivity contribution in [3.8, 4) is 0 Å². The molecule has 0 aliphatic rings. The summed E-state index contributed by atoms with van der Waals surface area (Å²) in [5.74, 6) is 0.808. The third-order valence-corrected chi connectivity index (χ3v) is 2.56. The van der Waals surface area contributed by atoms with Gasteiger partial charge in [0.05, 0.1) is 11.4 Å². The molecule has 0 fully saturated rings. The third-order valence-electron chi connectivity index (χ3n) is 2.56. The van der Waals surface area contributed by atoms with Crippen molar-refractivity contribution in [3.63, 3.8) is 0 Å². The second kappa shape index (κ2) is 3.96. The molecule has 1 N–H and O–H groups in total. The minimum atomic E-state index is 0.808. The lowest BCUT2D eigenvalue weighted by molar-refractivity contribution is 0.858. The molecule has 0 aliphatic carbocycles. The Bertz CT molecular complexity index is 494. The first-order valence-corrected chi connectivity index (χ1v) is 5.30. The van der Waals surface area contributed by atoms with Crippen molar-refractivity contribution in [2.75, 3.05) is 5.43 Å². The molecule has 0 radical (unpaired) electrons. The Morgan fingerprint density at radius 3 is 2.31 bits per heavy atom. The van der Waals surface area contributed by atoms with Crippen LogP contribution in [-0.4, -0.2) is 14.6 Å². The number of hydrogen-bond donors (Lipinski definition) is 1. The Labute approximate surface area is 95.3 Å². The van der Waals surface area contributed by atoms with Crippen molar-refractivity contribution in [1.82, 2.24) is 14.6 Å². The summed E-state index contributed by atoms with van der Waals surface area (Å²) in [7, 11) is 0. The van der Waals surface area contributed by atoms with Crippen LogP contribution in [-0.2, 0) is 0 Å². The van der Waals surface area contributed by atoms with Crippen LogP contribution in [0.1, 0.15) is 22.8 Å². The molecule has 4 nitrogen and oxygen atoms in total. The highest BCUT2D eigenvalue weighted by molar-refractivity contribution is 5.40. The molecule has 2 aromatic rings. The Morgan fingerprint density at radius 2 is 1.69 bits per heavy atom. The number of aromatic nitrogens is 3. The number of rotatable bonds is 2. The lowest BCUT2D eigenvalue weighted by Crippen LogP contribution is -2.15. The number of anilines is 1. The maximum absolute atomic E-state index is 4.44. The fourth-order valence-electron chi connectivity index (χ4n) is 1.59. The van der Waals surface area contributed by atoms with Gasteiger partial charge in [-0.05, 0) is 39.8 Å². The van der Waals surface area contributed by atoms with Gasteiger partial charge in [0.1, 0.15) is 0 Å². The van der Waals surface area contributed by atoms with Crippen LogP contribution >= 0.6 is 0 Å². The molecule has 0 spiro atoms. The van der Waals surface area contributed by atoms with Gasteiger partial charge in [-0.1, -0.05) is 0 Å². The van der Waals surface area contributed by atoms with Gasteiger partial charge < -0.3 is 0 Å². The lowest BCUT2D eigenvalue weighted by Gasteiger charge is -2.13. The first-order chi connectivity index (χ1) is 7.58. The van der Waals surface area contributed by atoms with Gasteiger partial charge in [-0.25, -0.2) is 4.98 Å². The van der Waals surface area contributed by atoms with E-state index in [1.807, 2.05) is 18.5 Å². The molecule has 0 bridgehead atoms. The molecular formula is C12H16N4. The molecule has 0 unspecified atom stereocenters. The van der Waals surface area contributed by atoms with Crippen molar-refractivity contribution in [2.24, 2.45) is 0 Å². The van der Waals surface area contributed by atoms with Crippen LogP contribution in [0.5, 0.6) is 0 Å². The van der Waals surface area contributed by atoms with E-state index in [1.54, 1.807) is 6.20 Å². The quantitative estimate of drug-likeness (QED) is 0.838. The van der Waals surface area contributed by atoms with Crippen molar-refractivity contribution in [3.05, 3.63) is 41.1 Å². The zero-order chi connectivity index (χ0) is 11.7. The maximum atomic E-state index is 4.44. The van der Waals surface area contributed by atoms with Crippen LogP contribution in [0.4, 0.5) is 5.82 Å². The molecule has 0 saturated heterocycles. The van der Waals surface area contributed by atoms with Crippen LogP contribution in [0.25, 0.3) is 0 Å². The van der Waals surface area contributed by atoms with E-state index in [1.165, 1.54) is 0 Å². The number of nitrogens with one attached hydrogen (secondary N) is 1. The van der Waals surface area contributed by atoms with Crippen LogP contribution in [0.3, 0.4) is 0 Å². The zero-order valence-electron chi connectivity index (χ0n) is 10.1. The van der Waals surface area contributed by atoms with E-state index in [2.05, 4.69) is 41.4 Å². The van der Waals surface area contributed by atoms with Gasteiger partial charge in [0.15, 0.2) is 5.82 Å². The third kappa shape index (κ3) is 1.91. The van der Waals surface area contributed by atoms with Gasteiger partial charge in [0.25, 0.3) is 0 Å². The van der Waals surface area contributed by atoms with E-state index in [-0.39, 0.29) is 0 Å². The first-order valence-electron chi connectivity index (χ1n) is 5.30. The predicted molar refractivity (Wildman–Crippen MR) is 64.4 cm³/mol. The van der Waals surface area contributed by atoms with Crippen molar-refractivity contribution in [2.45, 2.75) is 27.7 Å². The normalized spacial score (nSPS) is 10.5. The van der Waals surface area contributed by atoms with Gasteiger partial charge in [-0.15, -0.1) is 0 Å². The summed E-state index contributed by atoms with van der Waals surface area (Å²) in [5, 5.41) is 0. The summed E-state index contributed by atoms with van der Waals surface area (Å²) < 4.78 is 2.01. The minimum absolute atomic E-state index is 0.808. The summed E-state index contributed by atoms with van der Waals surface area (Å²) in [6, 6.07) is 4.14. The highest BCUT2D eigenvalue weighted by atomic mass is 15.4. The van der Waals surface area contributed by atoms with Crippen LogP contribution in [0.15, 0.2) is 18.3 Å². The van der Waals surface area contributed by atoms with E-state index in [0.717, 1.165) is 28.6 Å². The zero-order valence-corrected chi connectivity index (χ0v) is 10.1. The number of nitrogens with zero attached hydrogens (tertiary/aromatic N) is 3. The van der Waals surface area contributed by atoms with E-state index in [9.17, 15) is 0 Å². The number of aryl methyl sites for hydroxylation is 4. The molecule has 2 aromatic heterocycles. The second-order valence-corrected chi connectivity index (χ2v) is 4.01. The van der Waals surface area contributed by atoms with Crippen LogP contribution in [0.2, 0.25) is 0 Å². The Balaban J connectivity index is 2.37. The predicted octanol–water partition coefficient (Wildman–Crippen LogP) is 2.39. The Hall–Kier alpha value is -1.84. The molecule has 16 heavy (non-hydrogen) atoms. The number of hydrogen-bond acceptors (Lipinski definition) is 3. The Kier molecular flexibility index (Phi) is 2.64. The maximum Gasteiger partial charge on any atom is 0.166 e. The van der Waals surface area contributed by atoms with Crippen molar-refractivity contribution in [1.29, 1.82) is 0 Å². The summed E-state index contributed by atoms with van der Waals surface area (Å²) in [6.07, 6.45) is 1.77. The average molecular weight is 216 g/mol. The summed E-state index contributed by atoms with van der Waals surface area (Å²) >= 11 is 0. The van der Waals surface area contributed by atoms with Gasteiger partial charge >= 0.3 is 0 Å². The van der Waals surface area contributed by atoms with Gasteiger partial charge in [0.2, 0.25) is 0 Å². The first kappa shape index (κ1) is 10.7. The molecule has 0 aromatic carbocycles. The molecule has 0 atom stereocenters. The van der Waals surface area contributed by atoms with Crippen molar-refractivity contribution < 1.29 is 0 Å². The summed E-state index contributed by atoms with van der Waals surface area (Å²) in [6.45, 7) is 7.99. The van der Waals surface area contributed by atoms with Gasteiger partial charge in [-0.2, -0.15) is 0 Å². The van der Waals surface area contributed by atoms with Gasteiger partial charge in [-0.3, -0.25) is 15.1 Å². The van der Waals surface area contributed by atoms with Crippen LogP contribution in [0, 0.1) is 27.7 Å². The summed E-state index contributed by atoms with van der Waals surface area (Å²) in [5.41, 5.74) is 7.39. The highest BCUT2D eigenvalue weighted by Gasteiger charge is 2.05. The van der Waals surface area contributed by atoms with E-state index < -0.39 is 0 Å². The monoisotopic (exact) mass is 216 g/mol. The highest BCUT2D eigenvalue weighted by Crippen LogP contribution is 2.12. The second-order valence-electron chi connectivity index (χ2n) is 4.01. The smallest absolute Gasteiger partial charge is 0.166 e. The minimum Gasteiger partial charge on any atom is -0.276 e. The summed E-state index contributed by atoms with van der Waals surface area (Å²) in [4.78, 5) is 8.72. The molecule has 4 heteroatoms. The van der Waals surface area contributed by atoms with E-state index in [0.29, 0.717) is 0 Å². The standard InChI is InChI=1S/C12H16N4/c1-8-7-13-11(4)12(14-8)15-16-9(2)5-6-10(16)3/h5-7H,1-4H3,(H,14,15). The fraction of sp³-hybridized carbons (Fsp3) is 0.333. The molecule has 0 aliphatic heterocycles. The molecule has 0 amide bonds. The van der Waals surface area contributed by atoms with Gasteiger partial charge in [0, 0.05) is 17.6 Å². The van der Waals surface area contributed by atoms with Crippen LogP contribution < -0.4 is 5.43 Å². The topological polar surface area (TPSA) is 42.7 Å². The fourth-order valence-corrected chi connectivity index (χ4v) is 1.59. The molecule has 2 heterocycles. The largest absolute Gasteiger partial charge is 0.276 e. The SMILES string of the molecule is Cc1cnc(C)c(Nn2c(C)ccc2C)n1. The van der Waals surface area contributed by atoms with Crippen molar-refractivity contribution >= 4 is 5.82 Å².